The molecule has 1 fully saturated rings. The first-order valence-electron chi connectivity index (χ1n) is 6.74. The van der Waals surface area contributed by atoms with E-state index in [2.05, 4.69) is 24.1 Å². The molecule has 0 aromatic heterocycles. The number of aliphatic hydroxyl groups is 1. The predicted molar refractivity (Wildman–Crippen MR) is 68.6 cm³/mol. The van der Waals surface area contributed by atoms with Gasteiger partial charge >= 0.3 is 0 Å². The highest BCUT2D eigenvalue weighted by atomic mass is 16.3. The van der Waals surface area contributed by atoms with Gasteiger partial charge in [0, 0.05) is 6.54 Å². The molecule has 1 saturated heterocycles. The van der Waals surface area contributed by atoms with Crippen LogP contribution in [0.4, 0.5) is 0 Å². The molecule has 0 aliphatic carbocycles. The number of nitrogens with one attached hydrogen (secondary N) is 1. The fourth-order valence-corrected chi connectivity index (χ4v) is 2.51. The zero-order valence-corrected chi connectivity index (χ0v) is 11.1. The molecule has 0 aromatic rings. The van der Waals surface area contributed by atoms with Crippen LogP contribution in [0.1, 0.15) is 33.6 Å². The van der Waals surface area contributed by atoms with E-state index in [9.17, 15) is 5.11 Å². The summed E-state index contributed by atoms with van der Waals surface area (Å²) in [7, 11) is 0. The molecule has 1 rings (SSSR count). The van der Waals surface area contributed by atoms with Crippen molar-refractivity contribution in [3.8, 4) is 0 Å². The zero-order chi connectivity index (χ0) is 12.0. The first-order valence-corrected chi connectivity index (χ1v) is 6.74. The van der Waals surface area contributed by atoms with Crippen molar-refractivity contribution >= 4 is 0 Å². The predicted octanol–water partition coefficient (Wildman–Crippen LogP) is 1.32. The van der Waals surface area contributed by atoms with E-state index < -0.39 is 0 Å². The van der Waals surface area contributed by atoms with Crippen molar-refractivity contribution < 1.29 is 5.11 Å². The molecule has 0 saturated carbocycles. The van der Waals surface area contributed by atoms with Crippen LogP contribution in [0, 0.1) is 11.8 Å². The molecular formula is C13H28N2O. The lowest BCUT2D eigenvalue weighted by Crippen LogP contribution is -2.40. The van der Waals surface area contributed by atoms with E-state index in [-0.39, 0.29) is 6.10 Å². The standard InChI is InChI=1S/C13H28N2O/c1-4-14-9-11(2)10-15-7-5-13(6-8-15)12(3)16/h11-14,16H,4-10H2,1-3H3. The molecule has 3 nitrogen and oxygen atoms in total. The number of aliphatic hydroxyl groups excluding tert-OH is 1. The van der Waals surface area contributed by atoms with Gasteiger partial charge in [0.15, 0.2) is 0 Å². The van der Waals surface area contributed by atoms with Gasteiger partial charge in [-0.05, 0) is 57.8 Å². The van der Waals surface area contributed by atoms with E-state index in [0.29, 0.717) is 5.92 Å². The maximum absolute atomic E-state index is 9.53. The van der Waals surface area contributed by atoms with Gasteiger partial charge in [0.1, 0.15) is 0 Å². The van der Waals surface area contributed by atoms with Crippen LogP contribution in [0.25, 0.3) is 0 Å². The quantitative estimate of drug-likeness (QED) is 0.720. The van der Waals surface area contributed by atoms with Crippen LogP contribution < -0.4 is 5.32 Å². The van der Waals surface area contributed by atoms with Gasteiger partial charge in [-0.1, -0.05) is 13.8 Å². The van der Waals surface area contributed by atoms with Crippen molar-refractivity contribution in [3.05, 3.63) is 0 Å². The van der Waals surface area contributed by atoms with Crippen LogP contribution in [0.3, 0.4) is 0 Å². The molecule has 0 bridgehead atoms. The van der Waals surface area contributed by atoms with Crippen molar-refractivity contribution in [1.29, 1.82) is 0 Å². The lowest BCUT2D eigenvalue weighted by atomic mass is 9.92. The highest BCUT2D eigenvalue weighted by Gasteiger charge is 2.23. The fraction of sp³-hybridized carbons (Fsp3) is 1.00. The fourth-order valence-electron chi connectivity index (χ4n) is 2.51. The van der Waals surface area contributed by atoms with Crippen LogP contribution in [0.15, 0.2) is 0 Å². The first kappa shape index (κ1) is 13.9. The second kappa shape index (κ2) is 7.25. The molecule has 0 radical (unpaired) electrons. The molecule has 0 aromatic carbocycles. The Labute approximate surface area is 100 Å². The lowest BCUT2D eigenvalue weighted by Gasteiger charge is -2.34. The average molecular weight is 228 g/mol. The molecule has 16 heavy (non-hydrogen) atoms. The van der Waals surface area contributed by atoms with E-state index in [0.717, 1.165) is 44.9 Å². The minimum absolute atomic E-state index is 0.124. The molecule has 1 aliphatic rings. The summed E-state index contributed by atoms with van der Waals surface area (Å²) in [6.07, 6.45) is 2.19. The number of nitrogens with zero attached hydrogens (tertiary/aromatic N) is 1. The summed E-state index contributed by atoms with van der Waals surface area (Å²) in [5.74, 6) is 1.25. The molecule has 96 valence electrons. The second-order valence-electron chi connectivity index (χ2n) is 5.29. The third kappa shape index (κ3) is 4.81. The minimum Gasteiger partial charge on any atom is -0.393 e. The lowest BCUT2D eigenvalue weighted by molar-refractivity contribution is 0.0673. The molecule has 1 aliphatic heterocycles. The van der Waals surface area contributed by atoms with E-state index in [1.54, 1.807) is 0 Å². The molecule has 0 spiro atoms. The van der Waals surface area contributed by atoms with Crippen LogP contribution in [0.5, 0.6) is 0 Å². The Morgan fingerprint density at radius 1 is 1.31 bits per heavy atom. The van der Waals surface area contributed by atoms with Crippen molar-refractivity contribution in [1.82, 2.24) is 10.2 Å². The van der Waals surface area contributed by atoms with Crippen LogP contribution >= 0.6 is 0 Å². The summed E-state index contributed by atoms with van der Waals surface area (Å²) in [5.41, 5.74) is 0. The van der Waals surface area contributed by atoms with Gasteiger partial charge in [-0.15, -0.1) is 0 Å². The number of hydrogen-bond acceptors (Lipinski definition) is 3. The van der Waals surface area contributed by atoms with Gasteiger partial charge in [-0.25, -0.2) is 0 Å². The van der Waals surface area contributed by atoms with Crippen molar-refractivity contribution in [2.75, 3.05) is 32.7 Å². The van der Waals surface area contributed by atoms with Crippen molar-refractivity contribution in [2.45, 2.75) is 39.7 Å². The highest BCUT2D eigenvalue weighted by Crippen LogP contribution is 2.20. The Morgan fingerprint density at radius 2 is 1.94 bits per heavy atom. The molecule has 2 unspecified atom stereocenters. The van der Waals surface area contributed by atoms with E-state index >= 15 is 0 Å². The van der Waals surface area contributed by atoms with Crippen molar-refractivity contribution in [3.63, 3.8) is 0 Å². The maximum Gasteiger partial charge on any atom is 0.0541 e. The normalized spacial score (nSPS) is 23.2. The SMILES string of the molecule is CCNCC(C)CN1CCC(C(C)O)CC1. The van der Waals surface area contributed by atoms with Crippen LogP contribution in [0.2, 0.25) is 0 Å². The Kier molecular flexibility index (Phi) is 6.32. The van der Waals surface area contributed by atoms with Gasteiger partial charge in [-0.3, -0.25) is 0 Å². The summed E-state index contributed by atoms with van der Waals surface area (Å²) in [4.78, 5) is 2.54. The first-order chi connectivity index (χ1) is 7.63. The smallest absolute Gasteiger partial charge is 0.0541 e. The summed E-state index contributed by atoms with van der Waals surface area (Å²) in [5, 5.41) is 12.9. The third-order valence-corrected chi connectivity index (χ3v) is 3.63. The summed E-state index contributed by atoms with van der Waals surface area (Å²) >= 11 is 0. The van der Waals surface area contributed by atoms with Gasteiger partial charge in [-0.2, -0.15) is 0 Å². The van der Waals surface area contributed by atoms with Gasteiger partial charge in [0.25, 0.3) is 0 Å². The Balaban J connectivity index is 2.16. The van der Waals surface area contributed by atoms with Gasteiger partial charge in [0.2, 0.25) is 0 Å². The van der Waals surface area contributed by atoms with Gasteiger partial charge < -0.3 is 15.3 Å². The number of hydrogen-bond donors (Lipinski definition) is 2. The number of likely N-dealkylation sites (tertiary alicyclic amines) is 1. The molecule has 2 N–H and O–H groups in total. The Morgan fingerprint density at radius 3 is 2.44 bits per heavy atom. The third-order valence-electron chi connectivity index (χ3n) is 3.63. The summed E-state index contributed by atoms with van der Waals surface area (Å²) < 4.78 is 0. The molecule has 3 heteroatoms. The zero-order valence-electron chi connectivity index (χ0n) is 11.1. The Hall–Kier alpha value is -0.120. The maximum atomic E-state index is 9.53. The van der Waals surface area contributed by atoms with Crippen molar-refractivity contribution in [2.24, 2.45) is 11.8 Å². The summed E-state index contributed by atoms with van der Waals surface area (Å²) in [6, 6.07) is 0. The molecular weight excluding hydrogens is 200 g/mol. The number of rotatable bonds is 6. The number of piperidine rings is 1. The minimum atomic E-state index is -0.124. The molecule has 0 amide bonds. The second-order valence-corrected chi connectivity index (χ2v) is 5.29. The van der Waals surface area contributed by atoms with E-state index in [1.165, 1.54) is 6.54 Å². The summed E-state index contributed by atoms with van der Waals surface area (Å²) in [6.45, 7) is 12.1. The largest absolute Gasteiger partial charge is 0.393 e. The van der Waals surface area contributed by atoms with Gasteiger partial charge in [0.05, 0.1) is 6.10 Å². The monoisotopic (exact) mass is 228 g/mol. The van der Waals surface area contributed by atoms with Crippen LogP contribution in [-0.2, 0) is 0 Å². The topological polar surface area (TPSA) is 35.5 Å². The Bertz CT molecular complexity index is 177. The molecule has 2 atom stereocenters. The van der Waals surface area contributed by atoms with E-state index in [4.69, 9.17) is 0 Å². The van der Waals surface area contributed by atoms with E-state index in [1.807, 2.05) is 6.92 Å². The highest BCUT2D eigenvalue weighted by molar-refractivity contribution is 4.76. The molecule has 1 heterocycles. The van der Waals surface area contributed by atoms with Crippen LogP contribution in [-0.4, -0.2) is 48.8 Å². The average Bonchev–Trinajstić information content (AvgIpc) is 2.27.